The van der Waals surface area contributed by atoms with E-state index < -0.39 is 5.60 Å². The molecule has 0 amide bonds. The van der Waals surface area contributed by atoms with E-state index in [-0.39, 0.29) is 10.6 Å². The molecule has 182 valence electrons. The van der Waals surface area contributed by atoms with Crippen molar-refractivity contribution in [2.24, 2.45) is 0 Å². The summed E-state index contributed by atoms with van der Waals surface area (Å²) >= 11 is 8.12. The molecule has 7 nitrogen and oxygen atoms in total. The average Bonchev–Trinajstić information content (AvgIpc) is 3.21. The van der Waals surface area contributed by atoms with Crippen LogP contribution in [0.3, 0.4) is 0 Å². The highest BCUT2D eigenvalue weighted by molar-refractivity contribution is 7.10. The number of aryl methyl sites for hydroxylation is 4. The van der Waals surface area contributed by atoms with Crippen LogP contribution in [0.25, 0.3) is 17.1 Å². The van der Waals surface area contributed by atoms with Crippen LogP contribution in [0.1, 0.15) is 46.9 Å². The van der Waals surface area contributed by atoms with Crippen LogP contribution in [0.2, 0.25) is 5.02 Å². The monoisotopic (exact) mass is 510 g/mol. The van der Waals surface area contributed by atoms with Gasteiger partial charge in [-0.25, -0.2) is 9.97 Å². The number of hydrogen-bond acceptors (Lipinski definition) is 7. The first-order chi connectivity index (χ1) is 16.5. The first-order valence-corrected chi connectivity index (χ1v) is 12.3. The fourth-order valence-corrected chi connectivity index (χ4v) is 4.59. The SMILES string of the molecule is Cc1cc(COc2cc(C)n(-c3cc(-c4nc(C(C)(C)O)ncc4C)ncc3C)c(=O)c2Cl)cs1. The number of halogens is 1. The van der Waals surface area contributed by atoms with Crippen molar-refractivity contribution in [1.82, 2.24) is 19.5 Å². The molecule has 1 N–H and O–H groups in total. The third kappa shape index (κ3) is 5.15. The Kier molecular flexibility index (Phi) is 6.81. The molecule has 4 rings (SSSR count). The van der Waals surface area contributed by atoms with E-state index in [0.29, 0.717) is 40.9 Å². The van der Waals surface area contributed by atoms with Crippen LogP contribution < -0.4 is 10.3 Å². The number of nitrogens with zero attached hydrogens (tertiary/aromatic N) is 4. The van der Waals surface area contributed by atoms with Crippen LogP contribution in [-0.2, 0) is 12.2 Å². The van der Waals surface area contributed by atoms with Crippen molar-refractivity contribution in [3.63, 3.8) is 0 Å². The first kappa shape index (κ1) is 25.0. The molecule has 0 aliphatic heterocycles. The van der Waals surface area contributed by atoms with Gasteiger partial charge in [0.15, 0.2) is 5.82 Å². The van der Waals surface area contributed by atoms with Crippen LogP contribution >= 0.6 is 22.9 Å². The Balaban J connectivity index is 1.76. The first-order valence-electron chi connectivity index (χ1n) is 11.1. The van der Waals surface area contributed by atoms with Gasteiger partial charge < -0.3 is 9.84 Å². The number of hydrogen-bond donors (Lipinski definition) is 1. The van der Waals surface area contributed by atoms with Gasteiger partial charge in [-0.15, -0.1) is 11.3 Å². The fourth-order valence-electron chi connectivity index (χ4n) is 3.70. The summed E-state index contributed by atoms with van der Waals surface area (Å²) < 4.78 is 7.43. The van der Waals surface area contributed by atoms with E-state index >= 15 is 0 Å². The van der Waals surface area contributed by atoms with Gasteiger partial charge >= 0.3 is 0 Å². The molecule has 0 aromatic carbocycles. The van der Waals surface area contributed by atoms with Gasteiger partial charge in [-0.2, -0.15) is 0 Å². The zero-order chi connectivity index (χ0) is 25.5. The normalized spacial score (nSPS) is 11.7. The van der Waals surface area contributed by atoms with Crippen molar-refractivity contribution in [1.29, 1.82) is 0 Å². The lowest BCUT2D eigenvalue weighted by atomic mass is 10.1. The molecule has 35 heavy (non-hydrogen) atoms. The maximum Gasteiger partial charge on any atom is 0.277 e. The van der Waals surface area contributed by atoms with Gasteiger partial charge in [0, 0.05) is 34.6 Å². The van der Waals surface area contributed by atoms with Gasteiger partial charge in [-0.05, 0) is 70.2 Å². The summed E-state index contributed by atoms with van der Waals surface area (Å²) in [7, 11) is 0. The van der Waals surface area contributed by atoms with Gasteiger partial charge in [0.25, 0.3) is 5.56 Å². The predicted octanol–water partition coefficient (Wildman–Crippen LogP) is 5.44. The third-order valence-corrected chi connectivity index (χ3v) is 6.81. The van der Waals surface area contributed by atoms with Crippen LogP contribution in [0.5, 0.6) is 5.75 Å². The van der Waals surface area contributed by atoms with E-state index in [9.17, 15) is 9.90 Å². The molecule has 0 fully saturated rings. The van der Waals surface area contributed by atoms with Crippen LogP contribution in [0.4, 0.5) is 0 Å². The second-order valence-electron chi connectivity index (χ2n) is 9.10. The second-order valence-corrected chi connectivity index (χ2v) is 10.6. The Labute approximate surface area is 213 Å². The molecule has 4 heterocycles. The summed E-state index contributed by atoms with van der Waals surface area (Å²) in [5, 5.41) is 12.4. The lowest BCUT2D eigenvalue weighted by Crippen LogP contribution is -2.23. The Morgan fingerprint density at radius 3 is 2.46 bits per heavy atom. The van der Waals surface area contributed by atoms with E-state index in [1.807, 2.05) is 39.1 Å². The lowest BCUT2D eigenvalue weighted by Gasteiger charge is -2.18. The summed E-state index contributed by atoms with van der Waals surface area (Å²) in [4.78, 5) is 27.9. The Bertz CT molecular complexity index is 1470. The van der Waals surface area contributed by atoms with Crippen molar-refractivity contribution in [2.75, 3.05) is 0 Å². The molecule has 0 saturated carbocycles. The molecule has 0 unspecified atom stereocenters. The third-order valence-electron chi connectivity index (χ3n) is 5.56. The van der Waals surface area contributed by atoms with E-state index in [2.05, 4.69) is 15.0 Å². The van der Waals surface area contributed by atoms with Crippen molar-refractivity contribution in [3.8, 4) is 22.8 Å². The van der Waals surface area contributed by atoms with E-state index in [1.165, 1.54) is 4.88 Å². The maximum atomic E-state index is 13.4. The lowest BCUT2D eigenvalue weighted by molar-refractivity contribution is 0.0688. The van der Waals surface area contributed by atoms with Gasteiger partial charge in [-0.3, -0.25) is 14.3 Å². The molecule has 0 spiro atoms. The number of thiophene rings is 1. The molecular formula is C26H27ClN4O3S. The van der Waals surface area contributed by atoms with E-state index in [4.69, 9.17) is 16.3 Å². The van der Waals surface area contributed by atoms with Gasteiger partial charge in [0.05, 0.1) is 17.1 Å². The largest absolute Gasteiger partial charge is 0.487 e. The smallest absolute Gasteiger partial charge is 0.277 e. The fraction of sp³-hybridized carbons (Fsp3) is 0.308. The molecule has 0 bridgehead atoms. The number of aliphatic hydroxyl groups is 1. The van der Waals surface area contributed by atoms with Gasteiger partial charge in [0.1, 0.15) is 23.0 Å². The summed E-state index contributed by atoms with van der Waals surface area (Å²) in [6.07, 6.45) is 3.35. The highest BCUT2D eigenvalue weighted by Crippen LogP contribution is 2.29. The Hall–Kier alpha value is -3.07. The molecule has 4 aromatic rings. The zero-order valence-corrected chi connectivity index (χ0v) is 22.1. The zero-order valence-electron chi connectivity index (χ0n) is 20.5. The predicted molar refractivity (Wildman–Crippen MR) is 139 cm³/mol. The molecule has 4 aromatic heterocycles. The Morgan fingerprint density at radius 2 is 1.80 bits per heavy atom. The van der Waals surface area contributed by atoms with E-state index in [1.54, 1.807) is 54.3 Å². The van der Waals surface area contributed by atoms with Crippen LogP contribution in [-0.4, -0.2) is 24.6 Å². The Morgan fingerprint density at radius 1 is 1.09 bits per heavy atom. The summed E-state index contributed by atoms with van der Waals surface area (Å²) in [5.74, 6) is 0.642. The maximum absolute atomic E-state index is 13.4. The second kappa shape index (κ2) is 9.53. The number of pyridine rings is 2. The standard InChI is InChI=1S/C26H27ClN4O3S/c1-14-10-28-19(23-15(2)11-29-25(30-23)26(5,6)33)9-20(14)31-16(3)7-21(22(27)24(31)32)34-12-18-8-17(4)35-13-18/h7-11,13,33H,12H2,1-6H3. The van der Waals surface area contributed by atoms with Crippen molar-refractivity contribution < 1.29 is 9.84 Å². The van der Waals surface area contributed by atoms with Gasteiger partial charge in [-0.1, -0.05) is 11.6 Å². The molecule has 0 saturated heterocycles. The molecule has 9 heteroatoms. The molecule has 0 aliphatic rings. The topological polar surface area (TPSA) is 90.1 Å². The number of rotatable bonds is 6. The highest BCUT2D eigenvalue weighted by atomic mass is 35.5. The average molecular weight is 511 g/mol. The quantitative estimate of drug-likeness (QED) is 0.371. The van der Waals surface area contributed by atoms with Crippen LogP contribution in [0.15, 0.2) is 40.8 Å². The molecule has 0 atom stereocenters. The van der Waals surface area contributed by atoms with E-state index in [0.717, 1.165) is 16.7 Å². The number of ether oxygens (including phenoxy) is 1. The van der Waals surface area contributed by atoms with Crippen molar-refractivity contribution >= 4 is 22.9 Å². The van der Waals surface area contributed by atoms with Crippen LogP contribution in [0, 0.1) is 27.7 Å². The highest BCUT2D eigenvalue weighted by Gasteiger charge is 2.22. The molecule has 0 radical (unpaired) electrons. The summed E-state index contributed by atoms with van der Waals surface area (Å²) in [6.45, 7) is 11.2. The minimum atomic E-state index is -1.20. The number of aromatic nitrogens is 4. The summed E-state index contributed by atoms with van der Waals surface area (Å²) in [5.41, 5.74) is 3.52. The summed E-state index contributed by atoms with van der Waals surface area (Å²) in [6, 6.07) is 5.62. The minimum absolute atomic E-state index is 0.0165. The molecular weight excluding hydrogens is 484 g/mol. The minimum Gasteiger partial charge on any atom is -0.487 e. The van der Waals surface area contributed by atoms with Gasteiger partial charge in [0.2, 0.25) is 0 Å². The molecule has 0 aliphatic carbocycles. The van der Waals surface area contributed by atoms with Crippen molar-refractivity contribution in [3.05, 3.63) is 84.4 Å². The van der Waals surface area contributed by atoms with Crippen molar-refractivity contribution in [2.45, 2.75) is 53.8 Å².